The molecule has 1 fully saturated rings. The van der Waals surface area contributed by atoms with Gasteiger partial charge >= 0.3 is 0 Å². The highest BCUT2D eigenvalue weighted by Crippen LogP contribution is 2.16. The fraction of sp³-hybridized carbons (Fsp3) is 0.435. The summed E-state index contributed by atoms with van der Waals surface area (Å²) in [7, 11) is -3.62. The van der Waals surface area contributed by atoms with E-state index in [1.54, 1.807) is 19.1 Å². The summed E-state index contributed by atoms with van der Waals surface area (Å²) in [5.41, 5.74) is 2.98. The van der Waals surface area contributed by atoms with Gasteiger partial charge in [0.05, 0.1) is 4.90 Å². The number of sulfonamides is 1. The maximum Gasteiger partial charge on any atom is 0.240 e. The molecule has 1 amide bonds. The first-order valence-electron chi connectivity index (χ1n) is 10.5. The Labute approximate surface area is 179 Å². The molecule has 0 bridgehead atoms. The molecule has 2 N–H and O–H groups in total. The van der Waals surface area contributed by atoms with Crippen molar-refractivity contribution in [3.05, 3.63) is 65.2 Å². The minimum atomic E-state index is -3.62. The van der Waals surface area contributed by atoms with Crippen molar-refractivity contribution in [1.82, 2.24) is 14.9 Å². The topological polar surface area (TPSA) is 78.5 Å². The zero-order valence-electron chi connectivity index (χ0n) is 17.7. The predicted octanol–water partition coefficient (Wildman–Crippen LogP) is 2.75. The number of carbonyl (C=O) groups is 1. The van der Waals surface area contributed by atoms with Crippen LogP contribution in [-0.4, -0.2) is 44.9 Å². The molecule has 2 aromatic carbocycles. The van der Waals surface area contributed by atoms with E-state index in [-0.39, 0.29) is 29.8 Å². The van der Waals surface area contributed by atoms with Gasteiger partial charge in [-0.1, -0.05) is 48.0 Å². The van der Waals surface area contributed by atoms with Crippen molar-refractivity contribution < 1.29 is 13.2 Å². The summed E-state index contributed by atoms with van der Waals surface area (Å²) in [4.78, 5) is 15.0. The molecule has 162 valence electrons. The van der Waals surface area contributed by atoms with Crippen LogP contribution < -0.4 is 10.0 Å². The van der Waals surface area contributed by atoms with Gasteiger partial charge in [-0.2, -0.15) is 0 Å². The summed E-state index contributed by atoms with van der Waals surface area (Å²) in [5.74, 6) is -0.120. The SMILES string of the molecule is Cc1ccc(S(=O)(=O)NCCC(=O)NC2CCCN(Cc3ccccc3)C2)c(C)c1. The van der Waals surface area contributed by atoms with Gasteiger partial charge in [0, 0.05) is 32.1 Å². The Bertz CT molecular complexity index is 961. The number of carbonyl (C=O) groups excluding carboxylic acids is 1. The number of hydrogen-bond acceptors (Lipinski definition) is 4. The molecule has 0 spiro atoms. The van der Waals surface area contributed by atoms with E-state index in [2.05, 4.69) is 27.1 Å². The average molecular weight is 430 g/mol. The monoisotopic (exact) mass is 429 g/mol. The van der Waals surface area contributed by atoms with Gasteiger partial charge in [-0.25, -0.2) is 13.1 Å². The molecule has 3 rings (SSSR count). The van der Waals surface area contributed by atoms with Crippen LogP contribution in [0.4, 0.5) is 0 Å². The number of likely N-dealkylation sites (tertiary alicyclic amines) is 1. The number of aryl methyl sites for hydroxylation is 2. The third-order valence-corrected chi connectivity index (χ3v) is 7.00. The number of hydrogen-bond donors (Lipinski definition) is 2. The molecule has 0 aliphatic carbocycles. The van der Waals surface area contributed by atoms with E-state index < -0.39 is 10.0 Å². The van der Waals surface area contributed by atoms with E-state index in [4.69, 9.17) is 0 Å². The van der Waals surface area contributed by atoms with Crippen LogP contribution in [0.5, 0.6) is 0 Å². The molecule has 6 nitrogen and oxygen atoms in total. The second-order valence-electron chi connectivity index (χ2n) is 8.04. The van der Waals surface area contributed by atoms with Crippen molar-refractivity contribution in [2.24, 2.45) is 0 Å². The molecule has 2 aromatic rings. The van der Waals surface area contributed by atoms with Crippen molar-refractivity contribution in [2.75, 3.05) is 19.6 Å². The van der Waals surface area contributed by atoms with Crippen LogP contribution in [0.3, 0.4) is 0 Å². The lowest BCUT2D eigenvalue weighted by Gasteiger charge is -2.33. The van der Waals surface area contributed by atoms with Crippen LogP contribution in [0.1, 0.15) is 36.0 Å². The molecule has 1 saturated heterocycles. The van der Waals surface area contributed by atoms with Crippen LogP contribution in [-0.2, 0) is 21.4 Å². The second-order valence-corrected chi connectivity index (χ2v) is 9.78. The van der Waals surface area contributed by atoms with Crippen LogP contribution in [0.15, 0.2) is 53.4 Å². The molecular weight excluding hydrogens is 398 g/mol. The first-order chi connectivity index (χ1) is 14.3. The number of nitrogens with one attached hydrogen (secondary N) is 2. The molecule has 1 unspecified atom stereocenters. The quantitative estimate of drug-likeness (QED) is 0.676. The standard InChI is InChI=1S/C23H31N3O3S/c1-18-10-11-22(19(2)15-18)30(28,29)24-13-12-23(27)25-21-9-6-14-26(17-21)16-20-7-4-3-5-8-20/h3-5,7-8,10-11,15,21,24H,6,9,12-14,16-17H2,1-2H3,(H,25,27). The van der Waals surface area contributed by atoms with E-state index in [1.165, 1.54) is 5.56 Å². The summed E-state index contributed by atoms with van der Waals surface area (Å²) in [6.45, 7) is 6.50. The summed E-state index contributed by atoms with van der Waals surface area (Å²) >= 11 is 0. The van der Waals surface area contributed by atoms with Crippen LogP contribution in [0.25, 0.3) is 0 Å². The van der Waals surface area contributed by atoms with Crippen molar-refractivity contribution in [2.45, 2.75) is 50.6 Å². The zero-order chi connectivity index (χ0) is 21.6. The Kier molecular flexibility index (Phi) is 7.64. The number of amides is 1. The predicted molar refractivity (Wildman–Crippen MR) is 119 cm³/mol. The molecular formula is C23H31N3O3S. The fourth-order valence-electron chi connectivity index (χ4n) is 3.94. The lowest BCUT2D eigenvalue weighted by atomic mass is 10.0. The minimum Gasteiger partial charge on any atom is -0.352 e. The molecule has 7 heteroatoms. The highest BCUT2D eigenvalue weighted by Gasteiger charge is 2.22. The fourth-order valence-corrected chi connectivity index (χ4v) is 5.19. The molecule has 1 aliphatic heterocycles. The second kappa shape index (κ2) is 10.2. The largest absolute Gasteiger partial charge is 0.352 e. The molecule has 1 aliphatic rings. The third kappa shape index (κ3) is 6.39. The lowest BCUT2D eigenvalue weighted by Crippen LogP contribution is -2.47. The smallest absolute Gasteiger partial charge is 0.240 e. The van der Waals surface area contributed by atoms with Gasteiger partial charge in [0.2, 0.25) is 15.9 Å². The maximum atomic E-state index is 12.5. The van der Waals surface area contributed by atoms with Crippen molar-refractivity contribution in [3.63, 3.8) is 0 Å². The molecule has 0 aromatic heterocycles. The van der Waals surface area contributed by atoms with Gasteiger partial charge < -0.3 is 5.32 Å². The normalized spacial score (nSPS) is 17.6. The van der Waals surface area contributed by atoms with Gasteiger partial charge in [0.1, 0.15) is 0 Å². The van der Waals surface area contributed by atoms with E-state index in [0.717, 1.165) is 38.0 Å². The Morgan fingerprint density at radius 2 is 1.90 bits per heavy atom. The molecule has 0 saturated carbocycles. The summed E-state index contributed by atoms with van der Waals surface area (Å²) in [5, 5.41) is 3.06. The number of nitrogens with zero attached hydrogens (tertiary/aromatic N) is 1. The van der Waals surface area contributed by atoms with Crippen molar-refractivity contribution >= 4 is 15.9 Å². The Morgan fingerprint density at radius 3 is 2.63 bits per heavy atom. The van der Waals surface area contributed by atoms with Gasteiger partial charge in [-0.05, 0) is 50.4 Å². The summed E-state index contributed by atoms with van der Waals surface area (Å²) in [6, 6.07) is 15.6. The van der Waals surface area contributed by atoms with Crippen LogP contribution >= 0.6 is 0 Å². The Balaban J connectivity index is 1.45. The maximum absolute atomic E-state index is 12.5. The van der Waals surface area contributed by atoms with Gasteiger partial charge in [0.15, 0.2) is 0 Å². The van der Waals surface area contributed by atoms with Crippen LogP contribution in [0, 0.1) is 13.8 Å². The van der Waals surface area contributed by atoms with Crippen LogP contribution in [0.2, 0.25) is 0 Å². The van der Waals surface area contributed by atoms with Gasteiger partial charge in [-0.15, -0.1) is 0 Å². The summed E-state index contributed by atoms with van der Waals surface area (Å²) in [6.07, 6.45) is 2.11. The number of piperidine rings is 1. The zero-order valence-corrected chi connectivity index (χ0v) is 18.5. The average Bonchev–Trinajstić information content (AvgIpc) is 2.68. The molecule has 30 heavy (non-hydrogen) atoms. The Hall–Kier alpha value is -2.22. The Morgan fingerprint density at radius 1 is 1.13 bits per heavy atom. The highest BCUT2D eigenvalue weighted by molar-refractivity contribution is 7.89. The number of benzene rings is 2. The molecule has 1 heterocycles. The van der Waals surface area contributed by atoms with Crippen molar-refractivity contribution in [3.8, 4) is 0 Å². The number of rotatable bonds is 8. The van der Waals surface area contributed by atoms with E-state index >= 15 is 0 Å². The van der Waals surface area contributed by atoms with Gasteiger partial charge in [-0.3, -0.25) is 9.69 Å². The molecule has 0 radical (unpaired) electrons. The van der Waals surface area contributed by atoms with E-state index in [9.17, 15) is 13.2 Å². The third-order valence-electron chi connectivity index (χ3n) is 5.38. The highest BCUT2D eigenvalue weighted by atomic mass is 32.2. The first-order valence-corrected chi connectivity index (χ1v) is 11.9. The lowest BCUT2D eigenvalue weighted by molar-refractivity contribution is -0.122. The minimum absolute atomic E-state index is 0.0853. The van der Waals surface area contributed by atoms with E-state index in [1.807, 2.05) is 31.2 Å². The summed E-state index contributed by atoms with van der Waals surface area (Å²) < 4.78 is 27.6. The van der Waals surface area contributed by atoms with Gasteiger partial charge in [0.25, 0.3) is 0 Å². The van der Waals surface area contributed by atoms with E-state index in [0.29, 0.717) is 5.56 Å². The molecule has 1 atom stereocenters. The first kappa shape index (κ1) is 22.5. The van der Waals surface area contributed by atoms with Crippen molar-refractivity contribution in [1.29, 1.82) is 0 Å².